The minimum absolute atomic E-state index is 0.365. The van der Waals surface area contributed by atoms with Crippen LogP contribution < -0.4 is 5.43 Å². The Kier molecular flexibility index (Phi) is 7.28. The van der Waals surface area contributed by atoms with Crippen LogP contribution in [0.15, 0.2) is 29.4 Å². The van der Waals surface area contributed by atoms with Crippen LogP contribution in [-0.2, 0) is 4.74 Å². The van der Waals surface area contributed by atoms with Crippen molar-refractivity contribution < 1.29 is 14.3 Å². The molecular weight excluding hydrogens is 268 g/mol. The predicted octanol–water partition coefficient (Wildman–Crippen LogP) is 0.899. The molecule has 1 saturated heterocycles. The molecule has 1 atom stereocenters. The van der Waals surface area contributed by atoms with Gasteiger partial charge in [-0.05, 0) is 18.9 Å². The van der Waals surface area contributed by atoms with E-state index in [2.05, 4.69) is 24.2 Å². The zero-order chi connectivity index (χ0) is 15.7. The first-order valence-electron chi connectivity index (χ1n) is 7.23. The molecule has 3 N–H and O–H groups in total. The summed E-state index contributed by atoms with van der Waals surface area (Å²) in [5, 5.41) is 21.8. The number of hydrogen-bond acceptors (Lipinski definition) is 4. The van der Waals surface area contributed by atoms with Crippen LogP contribution >= 0.6 is 0 Å². The number of aliphatic hydroxyl groups is 1. The van der Waals surface area contributed by atoms with Crippen LogP contribution in [0.3, 0.4) is 0 Å². The van der Waals surface area contributed by atoms with E-state index in [4.69, 9.17) is 10.1 Å². The van der Waals surface area contributed by atoms with Crippen LogP contribution in [0.25, 0.3) is 0 Å². The number of morpholine rings is 1. The van der Waals surface area contributed by atoms with Gasteiger partial charge in [0.1, 0.15) is 19.6 Å². The average molecular weight is 295 g/mol. The average Bonchev–Trinajstić information content (AvgIpc) is 2.44. The Labute approximate surface area is 126 Å². The van der Waals surface area contributed by atoms with Crippen molar-refractivity contribution in [2.45, 2.75) is 19.4 Å². The number of aliphatic hydroxyl groups excluding tert-OH is 1. The number of nitrogens with one attached hydrogen (secondary N) is 2. The third-order valence-electron chi connectivity index (χ3n) is 3.61. The minimum atomic E-state index is -0.601. The highest BCUT2D eigenvalue weighted by Crippen LogP contribution is 2.07. The number of likely N-dealkylation sites (N-methyl/N-ethyl adjacent to an activating group) is 1. The van der Waals surface area contributed by atoms with Crippen LogP contribution in [0, 0.1) is 5.41 Å². The lowest BCUT2D eigenvalue weighted by molar-refractivity contribution is -0.908. The van der Waals surface area contributed by atoms with Crippen LogP contribution in [-0.4, -0.2) is 67.6 Å². The van der Waals surface area contributed by atoms with E-state index in [1.54, 1.807) is 18.4 Å². The van der Waals surface area contributed by atoms with Crippen LogP contribution in [0.5, 0.6) is 0 Å². The molecule has 21 heavy (non-hydrogen) atoms. The van der Waals surface area contributed by atoms with E-state index >= 15 is 0 Å². The fourth-order valence-corrected chi connectivity index (χ4v) is 2.19. The van der Waals surface area contributed by atoms with Crippen LogP contribution in [0.2, 0.25) is 0 Å². The molecule has 6 heteroatoms. The highest BCUT2D eigenvalue weighted by Gasteiger charge is 2.26. The summed E-state index contributed by atoms with van der Waals surface area (Å²) < 4.78 is 6.13. The minimum Gasteiger partial charge on any atom is -0.388 e. The van der Waals surface area contributed by atoms with E-state index in [9.17, 15) is 5.11 Å². The third-order valence-corrected chi connectivity index (χ3v) is 3.61. The maximum atomic E-state index is 9.85. The Morgan fingerprint density at radius 2 is 2.19 bits per heavy atom. The summed E-state index contributed by atoms with van der Waals surface area (Å²) in [6.07, 6.45) is 4.91. The van der Waals surface area contributed by atoms with Gasteiger partial charge in [0.15, 0.2) is 5.84 Å². The van der Waals surface area contributed by atoms with Crippen molar-refractivity contribution in [2.75, 3.05) is 39.9 Å². The summed E-state index contributed by atoms with van der Waals surface area (Å²) in [6.45, 7) is 9.35. The van der Waals surface area contributed by atoms with Gasteiger partial charge in [-0.25, -0.2) is 0 Å². The summed E-state index contributed by atoms with van der Waals surface area (Å²) in [5.74, 6) is 0.365. The second-order valence-electron chi connectivity index (χ2n) is 5.51. The van der Waals surface area contributed by atoms with Gasteiger partial charge >= 0.3 is 0 Å². The topological polar surface area (TPSA) is 77.7 Å². The molecular formula is C15H27N4O2+. The predicted molar refractivity (Wildman–Crippen MR) is 85.5 cm³/mol. The van der Waals surface area contributed by atoms with Gasteiger partial charge in [0.25, 0.3) is 0 Å². The molecule has 1 fully saturated rings. The molecule has 0 aromatic rings. The Morgan fingerprint density at radius 3 is 2.76 bits per heavy atom. The number of quaternary nitrogens is 1. The third kappa shape index (κ3) is 6.20. The lowest BCUT2D eigenvalue weighted by atomic mass is 10.1. The lowest BCUT2D eigenvalue weighted by Crippen LogP contribution is -2.55. The second-order valence-corrected chi connectivity index (χ2v) is 5.51. The van der Waals surface area contributed by atoms with Gasteiger partial charge in [-0.2, -0.15) is 5.10 Å². The Balaban J connectivity index is 2.44. The first kappa shape index (κ1) is 17.6. The SMILES string of the molecule is C=CCC(O)C(=C\C)/C=N/NC(=N)C[N+]1(C)CCOCC1. The molecule has 1 heterocycles. The highest BCUT2D eigenvalue weighted by atomic mass is 16.5. The van der Waals surface area contributed by atoms with Crippen molar-refractivity contribution in [3.05, 3.63) is 24.3 Å². The zero-order valence-corrected chi connectivity index (χ0v) is 13.0. The first-order valence-corrected chi connectivity index (χ1v) is 7.23. The molecule has 0 radical (unpaired) electrons. The van der Waals surface area contributed by atoms with Crippen molar-refractivity contribution in [3.63, 3.8) is 0 Å². The number of allylic oxidation sites excluding steroid dienone is 1. The van der Waals surface area contributed by atoms with Crippen molar-refractivity contribution in [1.29, 1.82) is 5.41 Å². The highest BCUT2D eigenvalue weighted by molar-refractivity contribution is 5.84. The lowest BCUT2D eigenvalue weighted by Gasteiger charge is -2.37. The molecule has 6 nitrogen and oxygen atoms in total. The molecule has 0 saturated carbocycles. The summed E-state index contributed by atoms with van der Waals surface area (Å²) in [6, 6.07) is 0. The second kappa shape index (κ2) is 8.71. The van der Waals surface area contributed by atoms with Crippen LogP contribution in [0.4, 0.5) is 0 Å². The summed E-state index contributed by atoms with van der Waals surface area (Å²) in [7, 11) is 2.12. The van der Waals surface area contributed by atoms with Gasteiger partial charge < -0.3 is 14.3 Å². The molecule has 0 bridgehead atoms. The molecule has 0 aromatic heterocycles. The number of amidine groups is 1. The molecule has 1 aliphatic rings. The van der Waals surface area contributed by atoms with Gasteiger partial charge in [0.2, 0.25) is 0 Å². The molecule has 118 valence electrons. The Bertz CT molecular complexity index is 412. The first-order chi connectivity index (χ1) is 10.0. The summed E-state index contributed by atoms with van der Waals surface area (Å²) >= 11 is 0. The van der Waals surface area contributed by atoms with Crippen molar-refractivity contribution in [2.24, 2.45) is 5.10 Å². The summed E-state index contributed by atoms with van der Waals surface area (Å²) in [4.78, 5) is 0. The van der Waals surface area contributed by atoms with Crippen molar-refractivity contribution in [1.82, 2.24) is 5.43 Å². The molecule has 0 spiro atoms. The van der Waals surface area contributed by atoms with Gasteiger partial charge in [0.05, 0.1) is 32.6 Å². The van der Waals surface area contributed by atoms with Gasteiger partial charge in [-0.3, -0.25) is 10.8 Å². The smallest absolute Gasteiger partial charge is 0.170 e. The molecule has 1 rings (SSSR count). The Morgan fingerprint density at radius 1 is 1.52 bits per heavy atom. The van der Waals surface area contributed by atoms with E-state index in [0.717, 1.165) is 30.8 Å². The van der Waals surface area contributed by atoms with E-state index in [1.165, 1.54) is 0 Å². The largest absolute Gasteiger partial charge is 0.388 e. The van der Waals surface area contributed by atoms with Gasteiger partial charge in [0, 0.05) is 0 Å². The maximum absolute atomic E-state index is 9.85. The molecule has 0 amide bonds. The number of ether oxygens (including phenoxy) is 1. The molecule has 0 aliphatic carbocycles. The number of hydrogen-bond donors (Lipinski definition) is 3. The zero-order valence-electron chi connectivity index (χ0n) is 13.0. The fourth-order valence-electron chi connectivity index (χ4n) is 2.19. The van der Waals surface area contributed by atoms with E-state index in [0.29, 0.717) is 24.4 Å². The number of nitrogens with zero attached hydrogens (tertiary/aromatic N) is 2. The number of hydrazone groups is 1. The van der Waals surface area contributed by atoms with Gasteiger partial charge in [-0.15, -0.1) is 6.58 Å². The van der Waals surface area contributed by atoms with Gasteiger partial charge in [-0.1, -0.05) is 12.2 Å². The van der Waals surface area contributed by atoms with E-state index in [-0.39, 0.29) is 0 Å². The molecule has 1 unspecified atom stereocenters. The molecule has 1 aliphatic heterocycles. The van der Waals surface area contributed by atoms with Crippen molar-refractivity contribution in [3.8, 4) is 0 Å². The monoisotopic (exact) mass is 295 g/mol. The van der Waals surface area contributed by atoms with Crippen molar-refractivity contribution >= 4 is 12.1 Å². The normalized spacial score (nSPS) is 20.2. The maximum Gasteiger partial charge on any atom is 0.170 e. The standard InChI is InChI=1S/C15H27N4O2/c1-4-6-14(20)13(5-2)11-17-18-15(16)12-19(3)7-9-21-10-8-19/h4-5,11,14,20H,1,6-10,12H2,2-3H3,(H2,16,18)/q+1/b13-5-,17-11+. The number of rotatable bonds is 7. The summed E-state index contributed by atoms with van der Waals surface area (Å²) in [5.41, 5.74) is 3.45. The van der Waals surface area contributed by atoms with Crippen LogP contribution in [0.1, 0.15) is 13.3 Å². The van der Waals surface area contributed by atoms with E-state index in [1.807, 2.05) is 6.92 Å². The molecule has 0 aromatic carbocycles. The fraction of sp³-hybridized carbons (Fsp3) is 0.600. The van der Waals surface area contributed by atoms with E-state index < -0.39 is 6.10 Å². The Hall–Kier alpha value is -1.50. The quantitative estimate of drug-likeness (QED) is 0.215.